The van der Waals surface area contributed by atoms with Crippen molar-refractivity contribution in [2.45, 2.75) is 40.2 Å². The summed E-state index contributed by atoms with van der Waals surface area (Å²) in [4.78, 5) is 16.3. The molecule has 0 heterocycles. The van der Waals surface area contributed by atoms with Gasteiger partial charge in [0.05, 0.1) is 12.0 Å². The molecule has 0 spiro atoms. The number of guanidine groups is 1. The minimum Gasteiger partial charge on any atom is -0.493 e. The van der Waals surface area contributed by atoms with Gasteiger partial charge < -0.3 is 20.7 Å². The smallest absolute Gasteiger partial charge is 0.227 e. The molecule has 26 heavy (non-hydrogen) atoms. The van der Waals surface area contributed by atoms with Gasteiger partial charge >= 0.3 is 0 Å². The lowest BCUT2D eigenvalue weighted by Gasteiger charge is -2.25. The number of hydrogen-bond acceptors (Lipinski definition) is 3. The van der Waals surface area contributed by atoms with E-state index in [1.807, 2.05) is 39.0 Å². The van der Waals surface area contributed by atoms with Gasteiger partial charge in [0, 0.05) is 32.2 Å². The molecule has 0 bridgehead atoms. The molecule has 0 aliphatic heterocycles. The molecule has 1 aromatic rings. The number of rotatable bonds is 9. The van der Waals surface area contributed by atoms with Gasteiger partial charge in [0.1, 0.15) is 5.75 Å². The van der Waals surface area contributed by atoms with Crippen molar-refractivity contribution < 1.29 is 9.53 Å². The van der Waals surface area contributed by atoms with Gasteiger partial charge in [0.2, 0.25) is 5.91 Å². The molecule has 6 heteroatoms. The Hall–Kier alpha value is -2.24. The molecule has 1 fully saturated rings. The van der Waals surface area contributed by atoms with E-state index in [4.69, 9.17) is 4.74 Å². The fraction of sp³-hybridized carbons (Fsp3) is 0.600. The van der Waals surface area contributed by atoms with Gasteiger partial charge in [-0.05, 0) is 45.6 Å². The second-order valence-electron chi connectivity index (χ2n) is 7.38. The minimum absolute atomic E-state index is 0.0294. The van der Waals surface area contributed by atoms with E-state index in [1.165, 1.54) is 12.8 Å². The molecular weight excluding hydrogens is 328 g/mol. The van der Waals surface area contributed by atoms with Crippen LogP contribution in [-0.4, -0.2) is 38.6 Å². The van der Waals surface area contributed by atoms with Crippen molar-refractivity contribution in [2.24, 2.45) is 16.3 Å². The van der Waals surface area contributed by atoms with E-state index < -0.39 is 5.41 Å². The Morgan fingerprint density at radius 1 is 1.23 bits per heavy atom. The number of carbonyl (C=O) groups is 1. The summed E-state index contributed by atoms with van der Waals surface area (Å²) >= 11 is 0. The van der Waals surface area contributed by atoms with Crippen LogP contribution in [-0.2, 0) is 11.3 Å². The number of nitrogens with one attached hydrogen (secondary N) is 3. The van der Waals surface area contributed by atoms with E-state index in [0.717, 1.165) is 23.8 Å². The monoisotopic (exact) mass is 360 g/mol. The number of nitrogens with zero attached hydrogens (tertiary/aromatic N) is 1. The van der Waals surface area contributed by atoms with E-state index in [2.05, 4.69) is 27.0 Å². The van der Waals surface area contributed by atoms with Gasteiger partial charge in [0.15, 0.2) is 5.96 Å². The Kier molecular flexibility index (Phi) is 7.30. The fourth-order valence-corrected chi connectivity index (χ4v) is 2.47. The molecular formula is C20H32N4O2. The predicted molar refractivity (Wildman–Crippen MR) is 105 cm³/mol. The van der Waals surface area contributed by atoms with Crippen LogP contribution in [0.1, 0.15) is 39.2 Å². The normalized spacial score (nSPS) is 14.7. The van der Waals surface area contributed by atoms with Crippen LogP contribution in [0.25, 0.3) is 0 Å². The molecule has 6 nitrogen and oxygen atoms in total. The third-order valence-corrected chi connectivity index (χ3v) is 4.46. The summed E-state index contributed by atoms with van der Waals surface area (Å²) in [6.45, 7) is 8.29. The first-order valence-corrected chi connectivity index (χ1v) is 9.39. The van der Waals surface area contributed by atoms with E-state index in [-0.39, 0.29) is 5.91 Å². The van der Waals surface area contributed by atoms with Gasteiger partial charge in [-0.15, -0.1) is 0 Å². The lowest BCUT2D eigenvalue weighted by Crippen LogP contribution is -2.47. The molecule has 1 aromatic carbocycles. The predicted octanol–water partition coefficient (Wildman–Crippen LogP) is 2.30. The van der Waals surface area contributed by atoms with Crippen molar-refractivity contribution in [1.29, 1.82) is 0 Å². The van der Waals surface area contributed by atoms with Crippen LogP contribution >= 0.6 is 0 Å². The van der Waals surface area contributed by atoms with Gasteiger partial charge in [-0.2, -0.15) is 0 Å². The van der Waals surface area contributed by atoms with Gasteiger partial charge in [-0.25, -0.2) is 0 Å². The molecule has 2 rings (SSSR count). The zero-order valence-corrected chi connectivity index (χ0v) is 16.4. The maximum atomic E-state index is 12.1. The first-order chi connectivity index (χ1) is 12.5. The lowest BCUT2D eigenvalue weighted by atomic mass is 9.92. The van der Waals surface area contributed by atoms with Crippen LogP contribution in [0, 0.1) is 11.3 Å². The lowest BCUT2D eigenvalue weighted by molar-refractivity contribution is -0.128. The Balaban J connectivity index is 1.85. The quantitative estimate of drug-likeness (QED) is 0.467. The second kappa shape index (κ2) is 9.46. The maximum Gasteiger partial charge on any atom is 0.227 e. The number of para-hydroxylation sites is 1. The second-order valence-corrected chi connectivity index (χ2v) is 7.38. The Bertz CT molecular complexity index is 624. The number of benzene rings is 1. The molecule has 0 radical (unpaired) electrons. The van der Waals surface area contributed by atoms with Crippen LogP contribution in [0.15, 0.2) is 29.3 Å². The highest BCUT2D eigenvalue weighted by Gasteiger charge is 2.27. The van der Waals surface area contributed by atoms with E-state index in [1.54, 1.807) is 7.05 Å². The highest BCUT2D eigenvalue weighted by atomic mass is 16.5. The number of ether oxygens (including phenoxy) is 1. The molecule has 144 valence electrons. The van der Waals surface area contributed by atoms with Gasteiger partial charge in [-0.3, -0.25) is 9.79 Å². The average molecular weight is 361 g/mol. The summed E-state index contributed by atoms with van der Waals surface area (Å²) in [7, 11) is 1.73. The largest absolute Gasteiger partial charge is 0.493 e. The molecule has 0 atom stereocenters. The molecule has 0 unspecified atom stereocenters. The highest BCUT2D eigenvalue weighted by molar-refractivity contribution is 5.84. The van der Waals surface area contributed by atoms with Crippen molar-refractivity contribution in [1.82, 2.24) is 16.0 Å². The highest BCUT2D eigenvalue weighted by Crippen LogP contribution is 2.30. The number of amides is 1. The molecule has 1 amide bonds. The van der Waals surface area contributed by atoms with Crippen molar-refractivity contribution in [3.63, 3.8) is 0 Å². The van der Waals surface area contributed by atoms with Crippen molar-refractivity contribution in [3.8, 4) is 5.75 Å². The summed E-state index contributed by atoms with van der Waals surface area (Å²) in [5.41, 5.74) is 0.581. The molecule has 3 N–H and O–H groups in total. The molecule has 0 aromatic heterocycles. The summed E-state index contributed by atoms with van der Waals surface area (Å²) in [5.74, 6) is 2.34. The molecule has 0 saturated heterocycles. The topological polar surface area (TPSA) is 74.8 Å². The number of aliphatic imine (C=N–C) groups is 1. The first-order valence-electron chi connectivity index (χ1n) is 9.39. The number of carbonyl (C=O) groups excluding carboxylic acids is 1. The van der Waals surface area contributed by atoms with Crippen LogP contribution < -0.4 is 20.7 Å². The number of hydrogen-bond donors (Lipinski definition) is 3. The van der Waals surface area contributed by atoms with Crippen LogP contribution in [0.2, 0.25) is 0 Å². The minimum atomic E-state index is -0.515. The van der Waals surface area contributed by atoms with Gasteiger partial charge in [-0.1, -0.05) is 18.2 Å². The summed E-state index contributed by atoms with van der Waals surface area (Å²) in [6.07, 6.45) is 2.55. The Labute approximate surface area is 156 Å². The summed E-state index contributed by atoms with van der Waals surface area (Å²) in [5, 5.41) is 9.40. The van der Waals surface area contributed by atoms with Crippen LogP contribution in [0.3, 0.4) is 0 Å². The van der Waals surface area contributed by atoms with Crippen molar-refractivity contribution >= 4 is 11.9 Å². The van der Waals surface area contributed by atoms with Crippen molar-refractivity contribution in [2.75, 3.05) is 26.7 Å². The average Bonchev–Trinajstić information content (AvgIpc) is 3.45. The SMILES string of the molecule is CCNC(=O)C(C)(C)CNC(=NC)NCc1ccccc1OCC1CC1. The van der Waals surface area contributed by atoms with Crippen LogP contribution in [0.4, 0.5) is 0 Å². The Morgan fingerprint density at radius 2 is 1.96 bits per heavy atom. The zero-order valence-electron chi connectivity index (χ0n) is 16.4. The molecule has 1 aliphatic rings. The van der Waals surface area contributed by atoms with E-state index in [0.29, 0.717) is 25.6 Å². The third kappa shape index (κ3) is 6.24. The fourth-order valence-electron chi connectivity index (χ4n) is 2.47. The molecule has 1 saturated carbocycles. The van der Waals surface area contributed by atoms with Crippen molar-refractivity contribution in [3.05, 3.63) is 29.8 Å². The maximum absolute atomic E-state index is 12.1. The Morgan fingerprint density at radius 3 is 2.62 bits per heavy atom. The zero-order chi connectivity index (χ0) is 19.0. The van der Waals surface area contributed by atoms with Gasteiger partial charge in [0.25, 0.3) is 0 Å². The summed E-state index contributed by atoms with van der Waals surface area (Å²) in [6, 6.07) is 8.07. The van der Waals surface area contributed by atoms with Crippen LogP contribution in [0.5, 0.6) is 5.75 Å². The standard InChI is InChI=1S/C20H32N4O2/c1-5-22-18(25)20(2,3)14-24-19(21-4)23-12-16-8-6-7-9-17(16)26-13-15-10-11-15/h6-9,15H,5,10-14H2,1-4H3,(H,22,25)(H2,21,23,24). The van der Waals surface area contributed by atoms with E-state index in [9.17, 15) is 4.79 Å². The third-order valence-electron chi connectivity index (χ3n) is 4.46. The van der Waals surface area contributed by atoms with E-state index >= 15 is 0 Å². The molecule has 1 aliphatic carbocycles. The summed E-state index contributed by atoms with van der Waals surface area (Å²) < 4.78 is 5.95. The first kappa shape index (κ1) is 20.1.